The summed E-state index contributed by atoms with van der Waals surface area (Å²) in [5.41, 5.74) is 1.58. The average Bonchev–Trinajstić information content (AvgIpc) is 2.76. The summed E-state index contributed by atoms with van der Waals surface area (Å²) in [5.74, 6) is 1.76. The molecule has 0 spiro atoms. The second-order valence-corrected chi connectivity index (χ2v) is 11.5. The first kappa shape index (κ1) is 23.7. The van der Waals surface area contributed by atoms with Gasteiger partial charge in [0.05, 0.1) is 0 Å². The number of amides is 2. The molecule has 0 saturated heterocycles. The van der Waals surface area contributed by atoms with Crippen molar-refractivity contribution in [2.75, 3.05) is 5.32 Å². The SMILES string of the molecule is Cc1ccc(OC(C)(C)C(=O)N[C@H]2[C@@H]3CC4C[C@H]2C[C@](OC(=O)Nc2cccc(C)c2)(C4)C3)cc1. The third kappa shape index (κ3) is 5.02. The fourth-order valence-electron chi connectivity index (χ4n) is 6.65. The standard InChI is InChI=1S/C29H36N2O4/c1-18-8-10-24(11-9-18)34-28(3,4)26(32)31-25-21-13-20-14-22(25)17-29(15-20,16-21)35-27(33)30-23-7-5-6-19(2)12-23/h5-12,20-22,25H,13-17H2,1-4H3,(H,30,33)(H,31,32)/t20?,21-,22+,25+,29+. The number of rotatable bonds is 6. The summed E-state index contributed by atoms with van der Waals surface area (Å²) in [6.45, 7) is 7.66. The predicted molar refractivity (Wildman–Crippen MR) is 135 cm³/mol. The van der Waals surface area contributed by atoms with E-state index in [0.717, 1.165) is 48.9 Å². The van der Waals surface area contributed by atoms with Crippen molar-refractivity contribution in [2.45, 2.75) is 77.0 Å². The van der Waals surface area contributed by atoms with E-state index in [1.165, 1.54) is 0 Å². The minimum Gasteiger partial charge on any atom is -0.478 e. The van der Waals surface area contributed by atoms with Gasteiger partial charge in [-0.1, -0.05) is 29.8 Å². The van der Waals surface area contributed by atoms with Gasteiger partial charge in [0.15, 0.2) is 5.60 Å². The molecule has 0 aromatic heterocycles. The number of benzene rings is 2. The van der Waals surface area contributed by atoms with Crippen LogP contribution in [0, 0.1) is 31.6 Å². The van der Waals surface area contributed by atoms with Crippen molar-refractivity contribution in [2.24, 2.45) is 17.8 Å². The molecule has 2 amide bonds. The number of hydrogen-bond acceptors (Lipinski definition) is 4. The molecule has 2 aromatic rings. The molecule has 35 heavy (non-hydrogen) atoms. The molecule has 6 nitrogen and oxygen atoms in total. The van der Waals surface area contributed by atoms with Crippen LogP contribution in [0.25, 0.3) is 0 Å². The van der Waals surface area contributed by atoms with Crippen molar-refractivity contribution in [3.8, 4) is 5.75 Å². The van der Waals surface area contributed by atoms with Gasteiger partial charge in [-0.25, -0.2) is 4.79 Å². The Labute approximate surface area is 207 Å². The van der Waals surface area contributed by atoms with E-state index in [1.807, 2.05) is 76.2 Å². The molecular weight excluding hydrogens is 440 g/mol. The quantitative estimate of drug-likeness (QED) is 0.555. The maximum Gasteiger partial charge on any atom is 0.412 e. The second-order valence-electron chi connectivity index (χ2n) is 11.5. The van der Waals surface area contributed by atoms with Crippen molar-refractivity contribution in [3.05, 3.63) is 59.7 Å². The highest BCUT2D eigenvalue weighted by Crippen LogP contribution is 2.57. The van der Waals surface area contributed by atoms with Crippen LogP contribution in [0.4, 0.5) is 10.5 Å². The molecule has 1 unspecified atom stereocenters. The van der Waals surface area contributed by atoms with Crippen LogP contribution in [0.3, 0.4) is 0 Å². The Morgan fingerprint density at radius 1 is 0.943 bits per heavy atom. The molecule has 4 bridgehead atoms. The van der Waals surface area contributed by atoms with Gasteiger partial charge in [-0.2, -0.15) is 0 Å². The van der Waals surface area contributed by atoms with Gasteiger partial charge < -0.3 is 14.8 Å². The van der Waals surface area contributed by atoms with E-state index in [2.05, 4.69) is 10.6 Å². The van der Waals surface area contributed by atoms with Gasteiger partial charge in [0.2, 0.25) is 0 Å². The molecule has 6 rings (SSSR count). The van der Waals surface area contributed by atoms with Crippen molar-refractivity contribution in [1.82, 2.24) is 5.32 Å². The Kier molecular flexibility index (Phi) is 6.02. The Morgan fingerprint density at radius 2 is 1.63 bits per heavy atom. The van der Waals surface area contributed by atoms with Crippen molar-refractivity contribution in [3.63, 3.8) is 0 Å². The van der Waals surface area contributed by atoms with E-state index >= 15 is 0 Å². The summed E-state index contributed by atoms with van der Waals surface area (Å²) >= 11 is 0. The lowest BCUT2D eigenvalue weighted by molar-refractivity contribution is -0.152. The lowest BCUT2D eigenvalue weighted by Gasteiger charge is -2.59. The number of carbonyl (C=O) groups is 2. The van der Waals surface area contributed by atoms with Crippen LogP contribution in [0.15, 0.2) is 48.5 Å². The second kappa shape index (κ2) is 8.89. The summed E-state index contributed by atoms with van der Waals surface area (Å²) in [4.78, 5) is 26.1. The highest BCUT2D eigenvalue weighted by Gasteiger charge is 2.58. The molecule has 5 atom stereocenters. The molecule has 0 radical (unpaired) electrons. The zero-order valence-electron chi connectivity index (χ0n) is 21.1. The Hall–Kier alpha value is -3.02. The molecule has 2 N–H and O–H groups in total. The minimum atomic E-state index is -0.980. The average molecular weight is 477 g/mol. The first-order valence-electron chi connectivity index (χ1n) is 12.7. The van der Waals surface area contributed by atoms with Crippen molar-refractivity contribution < 1.29 is 19.1 Å². The predicted octanol–water partition coefficient (Wildman–Crippen LogP) is 5.77. The third-order valence-corrected chi connectivity index (χ3v) is 8.03. The summed E-state index contributed by atoms with van der Waals surface area (Å²) in [6.07, 6.45) is 4.28. The molecule has 6 heteroatoms. The number of nitrogens with one attached hydrogen (secondary N) is 2. The minimum absolute atomic E-state index is 0.0940. The van der Waals surface area contributed by atoms with Gasteiger partial charge in [-0.15, -0.1) is 0 Å². The van der Waals surface area contributed by atoms with Gasteiger partial charge in [-0.05, 0) is 107 Å². The molecule has 4 aliphatic carbocycles. The number of hydrogen-bond donors (Lipinski definition) is 2. The molecule has 0 heterocycles. The van der Waals surface area contributed by atoms with Crippen LogP contribution in [0.1, 0.15) is 57.1 Å². The van der Waals surface area contributed by atoms with E-state index < -0.39 is 11.2 Å². The fourth-order valence-corrected chi connectivity index (χ4v) is 6.65. The maximum absolute atomic E-state index is 13.3. The highest BCUT2D eigenvalue weighted by molar-refractivity contribution is 5.85. The first-order chi connectivity index (χ1) is 16.6. The van der Waals surface area contributed by atoms with E-state index in [-0.39, 0.29) is 18.0 Å². The molecule has 2 aromatic carbocycles. The molecule has 186 valence electrons. The lowest BCUT2D eigenvalue weighted by Crippen LogP contribution is -2.64. The summed E-state index contributed by atoms with van der Waals surface area (Å²) in [6, 6.07) is 15.6. The maximum atomic E-state index is 13.3. The van der Waals surface area contributed by atoms with E-state index in [4.69, 9.17) is 9.47 Å². The zero-order valence-corrected chi connectivity index (χ0v) is 21.1. The van der Waals surface area contributed by atoms with Gasteiger partial charge in [0, 0.05) is 11.7 Å². The normalized spacial score (nSPS) is 28.9. The first-order valence-corrected chi connectivity index (χ1v) is 12.7. The van der Waals surface area contributed by atoms with Crippen LogP contribution < -0.4 is 15.4 Å². The van der Waals surface area contributed by atoms with Crippen LogP contribution in [0.5, 0.6) is 5.75 Å². The van der Waals surface area contributed by atoms with Gasteiger partial charge >= 0.3 is 6.09 Å². The molecular formula is C29H36N2O4. The molecule has 0 aliphatic heterocycles. The largest absolute Gasteiger partial charge is 0.478 e. The number of ether oxygens (including phenoxy) is 2. The van der Waals surface area contributed by atoms with Crippen LogP contribution in [-0.2, 0) is 9.53 Å². The monoisotopic (exact) mass is 476 g/mol. The topological polar surface area (TPSA) is 76.7 Å². The van der Waals surface area contributed by atoms with E-state index in [9.17, 15) is 9.59 Å². The van der Waals surface area contributed by atoms with Crippen molar-refractivity contribution in [1.29, 1.82) is 0 Å². The van der Waals surface area contributed by atoms with Crippen LogP contribution >= 0.6 is 0 Å². The number of carbonyl (C=O) groups excluding carboxylic acids is 2. The van der Waals surface area contributed by atoms with Gasteiger partial charge in [0.1, 0.15) is 11.4 Å². The number of aryl methyl sites for hydroxylation is 2. The van der Waals surface area contributed by atoms with Crippen molar-refractivity contribution >= 4 is 17.7 Å². The lowest BCUT2D eigenvalue weighted by atomic mass is 9.52. The molecule has 4 aliphatic rings. The van der Waals surface area contributed by atoms with Gasteiger partial charge in [0.25, 0.3) is 5.91 Å². The van der Waals surface area contributed by atoms with E-state index in [0.29, 0.717) is 23.5 Å². The Bertz CT molecular complexity index is 1090. The molecule has 4 saturated carbocycles. The fraction of sp³-hybridized carbons (Fsp3) is 0.517. The summed E-state index contributed by atoms with van der Waals surface area (Å²) in [5, 5.41) is 6.23. The van der Waals surface area contributed by atoms with Crippen LogP contribution in [-0.4, -0.2) is 29.2 Å². The van der Waals surface area contributed by atoms with Crippen LogP contribution in [0.2, 0.25) is 0 Å². The summed E-state index contributed by atoms with van der Waals surface area (Å²) < 4.78 is 12.2. The van der Waals surface area contributed by atoms with E-state index in [1.54, 1.807) is 0 Å². The number of anilines is 1. The Morgan fingerprint density at radius 3 is 2.29 bits per heavy atom. The molecule has 4 fully saturated rings. The third-order valence-electron chi connectivity index (χ3n) is 8.03. The zero-order chi connectivity index (χ0) is 24.8. The van der Waals surface area contributed by atoms with Gasteiger partial charge in [-0.3, -0.25) is 10.1 Å². The smallest absolute Gasteiger partial charge is 0.412 e. The summed E-state index contributed by atoms with van der Waals surface area (Å²) in [7, 11) is 0. The highest BCUT2D eigenvalue weighted by atomic mass is 16.6. The Balaban J connectivity index is 1.22.